The van der Waals surface area contributed by atoms with Gasteiger partial charge in [-0.2, -0.15) is 0 Å². The van der Waals surface area contributed by atoms with Crippen molar-refractivity contribution in [3.8, 4) is 0 Å². The number of carboxylic acid groups (broad SMARTS) is 1. The van der Waals surface area contributed by atoms with E-state index in [1.54, 1.807) is 6.92 Å². The highest BCUT2D eigenvalue weighted by molar-refractivity contribution is 9.09. The summed E-state index contributed by atoms with van der Waals surface area (Å²) in [5, 5.41) is 9.91. The van der Waals surface area contributed by atoms with Crippen LogP contribution in [0, 0.1) is 17.5 Å². The molecule has 0 bridgehead atoms. The van der Waals surface area contributed by atoms with Crippen LogP contribution in [0.1, 0.15) is 24.2 Å². The minimum atomic E-state index is -1.25. The summed E-state index contributed by atoms with van der Waals surface area (Å²) in [5.41, 5.74) is 0.0941. The zero-order valence-electron chi connectivity index (χ0n) is 15.0. The third kappa shape index (κ3) is 4.02. The topological polar surface area (TPSA) is 65.8 Å². The molecule has 0 aliphatic carbocycles. The molecule has 1 aromatic heterocycles. The molecule has 1 aromatic carbocycles. The third-order valence-electron chi connectivity index (χ3n) is 4.38. The first kappa shape index (κ1) is 21.3. The van der Waals surface area contributed by atoms with Gasteiger partial charge in [0.05, 0.1) is 23.5 Å². The van der Waals surface area contributed by atoms with Crippen LogP contribution in [0.15, 0.2) is 46.7 Å². The number of hydrogen-bond acceptors (Lipinski definition) is 4. The molecular weight excluding hydrogens is 475 g/mol. The van der Waals surface area contributed by atoms with Crippen molar-refractivity contribution in [1.82, 2.24) is 9.88 Å². The number of carbonyl (C=O) groups is 1. The second-order valence-electron chi connectivity index (χ2n) is 6.07. The summed E-state index contributed by atoms with van der Waals surface area (Å²) >= 11 is 9.43. The molecule has 3 rings (SSSR count). The van der Waals surface area contributed by atoms with E-state index in [9.17, 15) is 23.1 Å². The summed E-state index contributed by atoms with van der Waals surface area (Å²) in [6.07, 6.45) is 0.846. The predicted octanol–water partition coefficient (Wildman–Crippen LogP) is 4.71. The lowest BCUT2D eigenvalue weighted by Gasteiger charge is -2.38. The number of amidine groups is 1. The van der Waals surface area contributed by atoms with E-state index in [4.69, 9.17) is 11.6 Å². The van der Waals surface area contributed by atoms with E-state index in [0.29, 0.717) is 11.6 Å². The molecule has 1 unspecified atom stereocenters. The lowest BCUT2D eigenvalue weighted by Crippen LogP contribution is -2.42. The van der Waals surface area contributed by atoms with Crippen LogP contribution < -0.4 is 0 Å². The number of aliphatic imine (C=N–C) groups is 1. The second kappa shape index (κ2) is 8.54. The van der Waals surface area contributed by atoms with Crippen molar-refractivity contribution in [1.29, 1.82) is 0 Å². The van der Waals surface area contributed by atoms with E-state index in [1.165, 1.54) is 11.0 Å². The quantitative estimate of drug-likeness (QED) is 0.619. The van der Waals surface area contributed by atoms with Crippen LogP contribution in [0.4, 0.5) is 13.2 Å². The summed E-state index contributed by atoms with van der Waals surface area (Å²) in [6.45, 7) is 1.90. The molecule has 5 nitrogen and oxygen atoms in total. The minimum absolute atomic E-state index is 0.00918. The molecule has 0 fully saturated rings. The van der Waals surface area contributed by atoms with Crippen LogP contribution in [0.5, 0.6) is 0 Å². The Balaban J connectivity index is 2.30. The highest BCUT2D eigenvalue weighted by Crippen LogP contribution is 2.40. The standard InChI is InChI=1S/C19H14BrClF3N3O2/c1-2-27-17(11-4-3-9(22)5-12(11)21)15(19(28)29)14(7-20)26-18(27)16-13(24)6-10(23)8-25-16/h3-6,8,17H,2,7H2,1H3,(H,28,29). The molecule has 0 amide bonds. The van der Waals surface area contributed by atoms with Gasteiger partial charge in [-0.05, 0) is 24.6 Å². The Morgan fingerprint density at radius 2 is 2.00 bits per heavy atom. The van der Waals surface area contributed by atoms with Crippen LogP contribution >= 0.6 is 27.5 Å². The molecule has 29 heavy (non-hydrogen) atoms. The number of aromatic nitrogens is 1. The average molecular weight is 489 g/mol. The lowest BCUT2D eigenvalue weighted by atomic mass is 9.93. The molecule has 1 aliphatic rings. The first-order valence-corrected chi connectivity index (χ1v) is 9.92. The van der Waals surface area contributed by atoms with E-state index >= 15 is 0 Å². The Bertz CT molecular complexity index is 1050. The second-order valence-corrected chi connectivity index (χ2v) is 7.04. The smallest absolute Gasteiger partial charge is 0.335 e. The van der Waals surface area contributed by atoms with Crippen molar-refractivity contribution in [2.75, 3.05) is 11.9 Å². The van der Waals surface area contributed by atoms with Crippen molar-refractivity contribution in [3.63, 3.8) is 0 Å². The average Bonchev–Trinajstić information content (AvgIpc) is 2.66. The summed E-state index contributed by atoms with van der Waals surface area (Å²) < 4.78 is 41.4. The van der Waals surface area contributed by atoms with Crippen molar-refractivity contribution < 1.29 is 23.1 Å². The van der Waals surface area contributed by atoms with E-state index < -0.39 is 29.5 Å². The van der Waals surface area contributed by atoms with E-state index in [0.717, 1.165) is 18.3 Å². The third-order valence-corrected chi connectivity index (χ3v) is 5.24. The van der Waals surface area contributed by atoms with Gasteiger partial charge in [0.15, 0.2) is 11.7 Å². The van der Waals surface area contributed by atoms with Crippen molar-refractivity contribution in [2.45, 2.75) is 13.0 Å². The number of aliphatic carboxylic acids is 1. The number of halogens is 5. The monoisotopic (exact) mass is 487 g/mol. The van der Waals surface area contributed by atoms with Crippen LogP contribution in [0.3, 0.4) is 0 Å². The van der Waals surface area contributed by atoms with Gasteiger partial charge in [0.25, 0.3) is 0 Å². The van der Waals surface area contributed by atoms with Gasteiger partial charge in [0, 0.05) is 23.0 Å². The molecule has 10 heteroatoms. The molecule has 1 atom stereocenters. The van der Waals surface area contributed by atoms with Gasteiger partial charge >= 0.3 is 5.97 Å². The molecule has 1 aliphatic heterocycles. The zero-order valence-corrected chi connectivity index (χ0v) is 17.3. The Labute approximate surface area is 177 Å². The first-order valence-electron chi connectivity index (χ1n) is 8.42. The van der Waals surface area contributed by atoms with Gasteiger partial charge in [-0.15, -0.1) is 0 Å². The molecule has 0 saturated heterocycles. The molecule has 2 aromatic rings. The van der Waals surface area contributed by atoms with Gasteiger partial charge in [-0.1, -0.05) is 33.6 Å². The van der Waals surface area contributed by atoms with Gasteiger partial charge in [0.1, 0.15) is 17.3 Å². The number of carboxylic acids is 1. The highest BCUT2D eigenvalue weighted by Gasteiger charge is 2.38. The van der Waals surface area contributed by atoms with Gasteiger partial charge in [0.2, 0.25) is 0 Å². The Morgan fingerprint density at radius 1 is 1.28 bits per heavy atom. The van der Waals surface area contributed by atoms with Crippen molar-refractivity contribution in [3.05, 3.63) is 75.5 Å². The zero-order chi connectivity index (χ0) is 21.3. The fraction of sp³-hybridized carbons (Fsp3) is 0.211. The largest absolute Gasteiger partial charge is 0.478 e. The van der Waals surface area contributed by atoms with Gasteiger partial charge in [-0.3, -0.25) is 0 Å². The first-order chi connectivity index (χ1) is 13.8. The van der Waals surface area contributed by atoms with E-state index in [-0.39, 0.29) is 39.7 Å². The predicted molar refractivity (Wildman–Crippen MR) is 106 cm³/mol. The SMILES string of the molecule is CCN1C(c2ncc(F)cc2F)=NC(CBr)=C(C(=O)O)C1c1ccc(F)cc1Cl. The van der Waals surface area contributed by atoms with Crippen LogP contribution in [0.25, 0.3) is 0 Å². The number of rotatable bonds is 5. The maximum atomic E-state index is 14.5. The number of hydrogen-bond donors (Lipinski definition) is 1. The number of pyridine rings is 1. The van der Waals surface area contributed by atoms with Crippen LogP contribution in [-0.4, -0.2) is 38.7 Å². The summed E-state index contributed by atoms with van der Waals surface area (Å²) in [6, 6.07) is 3.28. The Kier molecular flexibility index (Phi) is 6.28. The van der Waals surface area contributed by atoms with Gasteiger partial charge < -0.3 is 10.0 Å². The summed E-state index contributed by atoms with van der Waals surface area (Å²) in [5.74, 6) is -3.61. The lowest BCUT2D eigenvalue weighted by molar-refractivity contribution is -0.133. The van der Waals surface area contributed by atoms with E-state index in [1.807, 2.05) is 0 Å². The normalized spacial score (nSPS) is 16.8. The fourth-order valence-corrected chi connectivity index (χ4v) is 3.88. The highest BCUT2D eigenvalue weighted by atomic mass is 79.9. The minimum Gasteiger partial charge on any atom is -0.478 e. The summed E-state index contributed by atoms with van der Waals surface area (Å²) in [7, 11) is 0. The number of likely N-dealkylation sites (N-methyl/N-ethyl adjacent to an activating group) is 1. The number of alkyl halides is 1. The fourth-order valence-electron chi connectivity index (χ4n) is 3.18. The van der Waals surface area contributed by atoms with Gasteiger partial charge in [-0.25, -0.2) is 27.9 Å². The molecule has 152 valence electrons. The number of allylic oxidation sites excluding steroid dienone is 1. The molecule has 0 saturated carbocycles. The number of benzene rings is 1. The van der Waals surface area contributed by atoms with E-state index in [2.05, 4.69) is 25.9 Å². The van der Waals surface area contributed by atoms with Crippen LogP contribution in [0.2, 0.25) is 5.02 Å². The molecule has 0 radical (unpaired) electrons. The molecule has 0 spiro atoms. The maximum Gasteiger partial charge on any atom is 0.335 e. The maximum absolute atomic E-state index is 14.5. The Morgan fingerprint density at radius 3 is 2.55 bits per heavy atom. The molecular formula is C19H14BrClF3N3O2. The van der Waals surface area contributed by atoms with Crippen molar-refractivity contribution in [2.24, 2.45) is 4.99 Å². The number of nitrogens with zero attached hydrogens (tertiary/aromatic N) is 3. The Hall–Kier alpha value is -2.39. The summed E-state index contributed by atoms with van der Waals surface area (Å²) in [4.78, 5) is 21.6. The van der Waals surface area contributed by atoms with Crippen LogP contribution in [-0.2, 0) is 4.79 Å². The molecule has 2 heterocycles. The van der Waals surface area contributed by atoms with Crippen molar-refractivity contribution >= 4 is 39.3 Å². The molecule has 1 N–H and O–H groups in total.